The lowest BCUT2D eigenvalue weighted by atomic mass is 10.2. The predicted molar refractivity (Wildman–Crippen MR) is 80.6 cm³/mol. The quantitative estimate of drug-likeness (QED) is 0.466. The topological polar surface area (TPSA) is 119 Å². The molecule has 1 aliphatic carbocycles. The Labute approximate surface area is 127 Å². The van der Waals surface area contributed by atoms with E-state index in [1.807, 2.05) is 0 Å². The molecular weight excluding hydrogens is 316 g/mol. The van der Waals surface area contributed by atoms with Gasteiger partial charge in [0, 0.05) is 18.7 Å². The number of anilines is 1. The van der Waals surface area contributed by atoms with Gasteiger partial charge in [-0.2, -0.15) is 4.31 Å². The Kier molecular flexibility index (Phi) is 4.81. The monoisotopic (exact) mass is 334 g/mol. The molecule has 1 fully saturated rings. The summed E-state index contributed by atoms with van der Waals surface area (Å²) in [5.41, 5.74) is 1.87. The first-order valence-corrected chi connectivity index (χ1v) is 8.94. The maximum atomic E-state index is 12.7. The number of nitrogens with two attached hydrogens (primary N) is 1. The minimum atomic E-state index is -3.73. The zero-order chi connectivity index (χ0) is 15.6. The van der Waals surface area contributed by atoms with Crippen LogP contribution in [-0.4, -0.2) is 30.2 Å². The largest absolute Gasteiger partial charge is 0.310 e. The van der Waals surface area contributed by atoms with Crippen molar-refractivity contribution in [2.24, 2.45) is 5.84 Å². The molecule has 0 bridgehead atoms. The van der Waals surface area contributed by atoms with Crippen molar-refractivity contribution in [3.63, 3.8) is 0 Å². The molecule has 1 aliphatic rings. The van der Waals surface area contributed by atoms with Gasteiger partial charge in [-0.25, -0.2) is 14.3 Å². The number of thiophene rings is 1. The Bertz CT molecular complexity index is 622. The van der Waals surface area contributed by atoms with Crippen LogP contribution in [0.25, 0.3) is 0 Å². The summed E-state index contributed by atoms with van der Waals surface area (Å²) in [5.74, 6) is 5.22. The van der Waals surface area contributed by atoms with E-state index >= 15 is 0 Å². The number of nitro groups is 1. The Morgan fingerprint density at radius 3 is 2.57 bits per heavy atom. The molecule has 0 spiro atoms. The lowest BCUT2D eigenvalue weighted by Crippen LogP contribution is -2.38. The lowest BCUT2D eigenvalue weighted by Gasteiger charge is -2.25. The standard InChI is InChI=1S/C11H18N4O4S2/c1-2-14(8-5-3-4-6-8)21(18,19)10-7-9(15(16)17)11(13-12)20-10/h7-8,13H,2-6,12H2,1H3. The number of nitrogen functional groups attached to an aromatic ring is 1. The van der Waals surface area contributed by atoms with Gasteiger partial charge in [-0.1, -0.05) is 31.1 Å². The van der Waals surface area contributed by atoms with E-state index in [9.17, 15) is 18.5 Å². The number of nitrogens with zero attached hydrogens (tertiary/aromatic N) is 2. The molecule has 118 valence electrons. The number of hydrogen-bond acceptors (Lipinski definition) is 7. The first-order chi connectivity index (χ1) is 9.91. The van der Waals surface area contributed by atoms with Crippen LogP contribution in [0.2, 0.25) is 0 Å². The second-order valence-electron chi connectivity index (χ2n) is 4.83. The van der Waals surface area contributed by atoms with Gasteiger partial charge in [-0.15, -0.1) is 0 Å². The van der Waals surface area contributed by atoms with Crippen LogP contribution in [0.1, 0.15) is 32.6 Å². The van der Waals surface area contributed by atoms with Gasteiger partial charge in [0.1, 0.15) is 4.21 Å². The highest BCUT2D eigenvalue weighted by molar-refractivity contribution is 7.91. The molecule has 2 rings (SSSR count). The van der Waals surface area contributed by atoms with Crippen molar-refractivity contribution in [1.29, 1.82) is 0 Å². The van der Waals surface area contributed by atoms with Crippen molar-refractivity contribution >= 4 is 32.0 Å². The molecule has 21 heavy (non-hydrogen) atoms. The molecule has 0 amide bonds. The summed E-state index contributed by atoms with van der Waals surface area (Å²) >= 11 is 0.790. The molecular formula is C11H18N4O4S2. The fraction of sp³-hybridized carbons (Fsp3) is 0.636. The summed E-state index contributed by atoms with van der Waals surface area (Å²) in [5, 5.41) is 11.0. The summed E-state index contributed by atoms with van der Waals surface area (Å²) in [4.78, 5) is 10.3. The third-order valence-electron chi connectivity index (χ3n) is 3.62. The van der Waals surface area contributed by atoms with E-state index in [1.165, 1.54) is 4.31 Å². The van der Waals surface area contributed by atoms with Crippen LogP contribution >= 0.6 is 11.3 Å². The third kappa shape index (κ3) is 3.03. The first kappa shape index (κ1) is 16.1. The van der Waals surface area contributed by atoms with E-state index < -0.39 is 14.9 Å². The van der Waals surface area contributed by atoms with E-state index in [-0.39, 0.29) is 20.9 Å². The number of hydrazine groups is 1. The molecule has 0 aliphatic heterocycles. The summed E-state index contributed by atoms with van der Waals surface area (Å²) in [6.45, 7) is 2.13. The van der Waals surface area contributed by atoms with Crippen LogP contribution in [0.15, 0.2) is 10.3 Å². The van der Waals surface area contributed by atoms with Crippen molar-refractivity contribution < 1.29 is 13.3 Å². The summed E-state index contributed by atoms with van der Waals surface area (Å²) in [6, 6.07) is 1.06. The summed E-state index contributed by atoms with van der Waals surface area (Å²) < 4.78 is 26.8. The predicted octanol–water partition coefficient (Wildman–Crippen LogP) is 1.90. The van der Waals surface area contributed by atoms with Gasteiger partial charge >= 0.3 is 5.69 Å². The van der Waals surface area contributed by atoms with Gasteiger partial charge < -0.3 is 5.43 Å². The summed E-state index contributed by atoms with van der Waals surface area (Å²) in [6.07, 6.45) is 3.69. The third-order valence-corrected chi connectivity index (χ3v) is 7.16. The van der Waals surface area contributed by atoms with Crippen molar-refractivity contribution in [3.8, 4) is 0 Å². The Hall–Kier alpha value is -1.23. The molecule has 10 heteroatoms. The maximum absolute atomic E-state index is 12.7. The Morgan fingerprint density at radius 2 is 2.14 bits per heavy atom. The van der Waals surface area contributed by atoms with E-state index in [1.54, 1.807) is 6.92 Å². The smallest absolute Gasteiger partial charge is 0.306 e. The van der Waals surface area contributed by atoms with Crippen LogP contribution < -0.4 is 11.3 Å². The van der Waals surface area contributed by atoms with E-state index in [4.69, 9.17) is 5.84 Å². The highest BCUT2D eigenvalue weighted by atomic mass is 32.2. The van der Waals surface area contributed by atoms with Crippen LogP contribution in [0.5, 0.6) is 0 Å². The molecule has 0 aromatic carbocycles. The first-order valence-electron chi connectivity index (χ1n) is 6.68. The van der Waals surface area contributed by atoms with E-state index in [2.05, 4.69) is 5.43 Å². The SMILES string of the molecule is CCN(C1CCCC1)S(=O)(=O)c1cc([N+](=O)[O-])c(NN)s1. The highest BCUT2D eigenvalue weighted by Gasteiger charge is 2.35. The zero-order valence-electron chi connectivity index (χ0n) is 11.6. The summed E-state index contributed by atoms with van der Waals surface area (Å²) in [7, 11) is -3.73. The zero-order valence-corrected chi connectivity index (χ0v) is 13.2. The van der Waals surface area contributed by atoms with Gasteiger partial charge in [0.2, 0.25) is 0 Å². The Morgan fingerprint density at radius 1 is 1.52 bits per heavy atom. The minimum absolute atomic E-state index is 0.0181. The molecule has 0 saturated heterocycles. The van der Waals surface area contributed by atoms with Crippen molar-refractivity contribution in [3.05, 3.63) is 16.2 Å². The molecule has 1 saturated carbocycles. The molecule has 8 nitrogen and oxygen atoms in total. The molecule has 0 unspecified atom stereocenters. The molecule has 1 aromatic rings. The van der Waals surface area contributed by atoms with Crippen LogP contribution in [0.4, 0.5) is 10.7 Å². The Balaban J connectivity index is 2.40. The van der Waals surface area contributed by atoms with Crippen LogP contribution in [0, 0.1) is 10.1 Å². The van der Waals surface area contributed by atoms with Gasteiger partial charge in [0.15, 0.2) is 5.00 Å². The molecule has 0 atom stereocenters. The normalized spacial score (nSPS) is 16.5. The van der Waals surface area contributed by atoms with Gasteiger partial charge in [0.25, 0.3) is 10.0 Å². The van der Waals surface area contributed by atoms with Crippen LogP contribution in [-0.2, 0) is 10.0 Å². The molecule has 3 N–H and O–H groups in total. The van der Waals surface area contributed by atoms with Crippen LogP contribution in [0.3, 0.4) is 0 Å². The van der Waals surface area contributed by atoms with E-state index in [0.29, 0.717) is 6.54 Å². The van der Waals surface area contributed by atoms with Gasteiger partial charge in [-0.3, -0.25) is 10.1 Å². The number of hydrogen-bond donors (Lipinski definition) is 2. The molecule has 1 aromatic heterocycles. The average molecular weight is 334 g/mol. The van der Waals surface area contributed by atoms with Crippen molar-refractivity contribution in [2.45, 2.75) is 42.9 Å². The highest BCUT2D eigenvalue weighted by Crippen LogP contribution is 2.39. The minimum Gasteiger partial charge on any atom is -0.310 e. The van der Waals surface area contributed by atoms with Gasteiger partial charge in [-0.05, 0) is 12.8 Å². The number of rotatable bonds is 6. The lowest BCUT2D eigenvalue weighted by molar-refractivity contribution is -0.383. The number of nitrogens with one attached hydrogen (secondary N) is 1. The fourth-order valence-electron chi connectivity index (χ4n) is 2.66. The second kappa shape index (κ2) is 6.26. The number of sulfonamides is 1. The molecule has 1 heterocycles. The molecule has 0 radical (unpaired) electrons. The second-order valence-corrected chi connectivity index (χ2v) is 8.00. The van der Waals surface area contributed by atoms with E-state index in [0.717, 1.165) is 43.1 Å². The van der Waals surface area contributed by atoms with Gasteiger partial charge in [0.05, 0.1) is 4.92 Å². The fourth-order valence-corrected chi connectivity index (χ4v) is 5.72. The van der Waals surface area contributed by atoms with Crippen molar-refractivity contribution in [1.82, 2.24) is 4.31 Å². The van der Waals surface area contributed by atoms with Crippen molar-refractivity contribution in [2.75, 3.05) is 12.0 Å². The maximum Gasteiger partial charge on any atom is 0.306 e. The average Bonchev–Trinajstić information content (AvgIpc) is 3.08.